The highest BCUT2D eigenvalue weighted by molar-refractivity contribution is 5.96. The molecule has 0 fully saturated rings. The zero-order valence-corrected chi connectivity index (χ0v) is 13.6. The number of benzene rings is 2. The van der Waals surface area contributed by atoms with E-state index in [1.54, 1.807) is 36.4 Å². The van der Waals surface area contributed by atoms with Crippen molar-refractivity contribution in [2.45, 2.75) is 20.5 Å². The van der Waals surface area contributed by atoms with Crippen molar-refractivity contribution in [1.82, 2.24) is 5.32 Å². The average molecular weight is 322 g/mol. The number of amides is 1. The minimum absolute atomic E-state index is 0.0634. The van der Waals surface area contributed by atoms with Gasteiger partial charge in [0.25, 0.3) is 5.91 Å². The zero-order valence-electron chi connectivity index (χ0n) is 13.6. The molecule has 0 aliphatic carbocycles. The van der Waals surface area contributed by atoms with Crippen molar-refractivity contribution in [2.75, 3.05) is 6.54 Å². The van der Waals surface area contributed by atoms with Crippen LogP contribution in [-0.2, 0) is 16.1 Å². The molecule has 0 aromatic heterocycles. The first-order valence-electron chi connectivity index (χ1n) is 7.49. The van der Waals surface area contributed by atoms with Gasteiger partial charge >= 0.3 is 5.97 Å². The number of nitriles is 1. The molecule has 5 heteroatoms. The summed E-state index contributed by atoms with van der Waals surface area (Å²) in [6, 6.07) is 14.2. The van der Waals surface area contributed by atoms with E-state index >= 15 is 0 Å². The third kappa shape index (κ3) is 4.68. The Morgan fingerprint density at radius 3 is 2.62 bits per heavy atom. The van der Waals surface area contributed by atoms with E-state index in [2.05, 4.69) is 5.32 Å². The summed E-state index contributed by atoms with van der Waals surface area (Å²) in [6.07, 6.45) is 0. The lowest BCUT2D eigenvalue weighted by molar-refractivity contribution is -0.143. The number of ether oxygens (including phenoxy) is 1. The van der Waals surface area contributed by atoms with Crippen molar-refractivity contribution >= 4 is 11.9 Å². The molecule has 2 aromatic carbocycles. The maximum absolute atomic E-state index is 12.0. The van der Waals surface area contributed by atoms with Crippen LogP contribution in [0.15, 0.2) is 42.5 Å². The van der Waals surface area contributed by atoms with Crippen LogP contribution in [0.3, 0.4) is 0 Å². The predicted molar refractivity (Wildman–Crippen MR) is 89.2 cm³/mol. The highest BCUT2D eigenvalue weighted by Gasteiger charge is 2.10. The summed E-state index contributed by atoms with van der Waals surface area (Å²) in [5, 5.41) is 11.4. The highest BCUT2D eigenvalue weighted by atomic mass is 16.5. The SMILES string of the molecule is Cc1ccc(C(=O)NCC(=O)OCc2cccc(C#N)c2)cc1C. The molecular formula is C19H18N2O3. The monoisotopic (exact) mass is 322 g/mol. The van der Waals surface area contributed by atoms with Crippen LogP contribution < -0.4 is 5.32 Å². The smallest absolute Gasteiger partial charge is 0.325 e. The van der Waals surface area contributed by atoms with Crippen LogP contribution >= 0.6 is 0 Å². The molecule has 0 saturated carbocycles. The maximum atomic E-state index is 12.0. The Morgan fingerprint density at radius 2 is 1.92 bits per heavy atom. The third-order valence-electron chi connectivity index (χ3n) is 3.62. The Labute approximate surface area is 140 Å². The van der Waals surface area contributed by atoms with E-state index in [0.717, 1.165) is 16.7 Å². The molecule has 0 saturated heterocycles. The first-order chi connectivity index (χ1) is 11.5. The molecule has 0 unspecified atom stereocenters. The Balaban J connectivity index is 1.83. The number of rotatable bonds is 5. The van der Waals surface area contributed by atoms with E-state index in [-0.39, 0.29) is 19.1 Å². The van der Waals surface area contributed by atoms with Gasteiger partial charge in [0.2, 0.25) is 0 Å². The van der Waals surface area contributed by atoms with Gasteiger partial charge in [-0.25, -0.2) is 0 Å². The van der Waals surface area contributed by atoms with Crippen molar-refractivity contribution in [2.24, 2.45) is 0 Å². The second-order valence-corrected chi connectivity index (χ2v) is 5.45. The van der Waals surface area contributed by atoms with Gasteiger partial charge in [-0.2, -0.15) is 5.26 Å². The van der Waals surface area contributed by atoms with Crippen LogP contribution in [0.4, 0.5) is 0 Å². The predicted octanol–water partition coefficient (Wildman–Crippen LogP) is 2.65. The van der Waals surface area contributed by atoms with Crippen LogP contribution in [0.25, 0.3) is 0 Å². The molecule has 1 N–H and O–H groups in total. The van der Waals surface area contributed by atoms with Gasteiger partial charge in [-0.05, 0) is 54.8 Å². The minimum Gasteiger partial charge on any atom is -0.460 e. The van der Waals surface area contributed by atoms with E-state index in [9.17, 15) is 9.59 Å². The first kappa shape index (κ1) is 17.2. The minimum atomic E-state index is -0.533. The lowest BCUT2D eigenvalue weighted by atomic mass is 10.1. The summed E-state index contributed by atoms with van der Waals surface area (Å²) in [4.78, 5) is 23.7. The van der Waals surface area contributed by atoms with Crippen molar-refractivity contribution in [3.8, 4) is 6.07 Å². The number of hydrogen-bond donors (Lipinski definition) is 1. The number of esters is 1. The largest absolute Gasteiger partial charge is 0.460 e. The van der Waals surface area contributed by atoms with E-state index in [4.69, 9.17) is 10.00 Å². The molecule has 24 heavy (non-hydrogen) atoms. The maximum Gasteiger partial charge on any atom is 0.325 e. The fraction of sp³-hybridized carbons (Fsp3) is 0.211. The number of aryl methyl sites for hydroxylation is 2. The van der Waals surface area contributed by atoms with Crippen molar-refractivity contribution in [3.05, 3.63) is 70.3 Å². The molecule has 5 nitrogen and oxygen atoms in total. The topological polar surface area (TPSA) is 79.2 Å². The third-order valence-corrected chi connectivity index (χ3v) is 3.62. The molecule has 2 aromatic rings. The molecule has 0 aliphatic rings. The molecule has 0 heterocycles. The van der Waals surface area contributed by atoms with Gasteiger partial charge in [0.15, 0.2) is 0 Å². The molecule has 2 rings (SSSR count). The highest BCUT2D eigenvalue weighted by Crippen LogP contribution is 2.09. The Bertz CT molecular complexity index is 806. The lowest BCUT2D eigenvalue weighted by Gasteiger charge is -2.08. The van der Waals surface area contributed by atoms with E-state index in [1.807, 2.05) is 26.0 Å². The van der Waals surface area contributed by atoms with Crippen LogP contribution in [0, 0.1) is 25.2 Å². The molecule has 0 atom stereocenters. The van der Waals surface area contributed by atoms with Gasteiger partial charge in [-0.1, -0.05) is 18.2 Å². The summed E-state index contributed by atoms with van der Waals surface area (Å²) in [7, 11) is 0. The summed E-state index contributed by atoms with van der Waals surface area (Å²) >= 11 is 0. The number of carbonyl (C=O) groups is 2. The van der Waals surface area contributed by atoms with Crippen LogP contribution in [0.2, 0.25) is 0 Å². The fourth-order valence-corrected chi connectivity index (χ4v) is 2.08. The van der Waals surface area contributed by atoms with E-state index in [1.165, 1.54) is 0 Å². The fourth-order valence-electron chi connectivity index (χ4n) is 2.08. The number of nitrogens with zero attached hydrogens (tertiary/aromatic N) is 1. The lowest BCUT2D eigenvalue weighted by Crippen LogP contribution is -2.30. The van der Waals surface area contributed by atoms with Gasteiger partial charge in [0.1, 0.15) is 13.2 Å². The molecule has 122 valence electrons. The van der Waals surface area contributed by atoms with Crippen LogP contribution in [-0.4, -0.2) is 18.4 Å². The van der Waals surface area contributed by atoms with Gasteiger partial charge in [-0.15, -0.1) is 0 Å². The van der Waals surface area contributed by atoms with Crippen molar-refractivity contribution < 1.29 is 14.3 Å². The summed E-state index contributed by atoms with van der Waals surface area (Å²) in [5.41, 5.74) is 3.86. The molecule has 0 bridgehead atoms. The van der Waals surface area contributed by atoms with Crippen molar-refractivity contribution in [1.29, 1.82) is 5.26 Å². The van der Waals surface area contributed by atoms with Crippen LogP contribution in [0.1, 0.15) is 32.6 Å². The molecule has 0 spiro atoms. The van der Waals surface area contributed by atoms with Crippen LogP contribution in [0.5, 0.6) is 0 Å². The van der Waals surface area contributed by atoms with E-state index in [0.29, 0.717) is 11.1 Å². The summed E-state index contributed by atoms with van der Waals surface area (Å²) in [5.74, 6) is -0.851. The number of nitrogens with one attached hydrogen (secondary N) is 1. The van der Waals surface area contributed by atoms with Gasteiger partial charge in [-0.3, -0.25) is 9.59 Å². The number of hydrogen-bond acceptors (Lipinski definition) is 4. The molecule has 0 aliphatic heterocycles. The van der Waals surface area contributed by atoms with Crippen molar-refractivity contribution in [3.63, 3.8) is 0 Å². The second kappa shape index (κ2) is 7.93. The Morgan fingerprint density at radius 1 is 1.12 bits per heavy atom. The van der Waals surface area contributed by atoms with Gasteiger partial charge in [0, 0.05) is 5.56 Å². The molecule has 0 radical (unpaired) electrons. The van der Waals surface area contributed by atoms with E-state index < -0.39 is 5.97 Å². The molecule has 1 amide bonds. The normalized spacial score (nSPS) is 9.88. The average Bonchev–Trinajstić information content (AvgIpc) is 2.60. The summed E-state index contributed by atoms with van der Waals surface area (Å²) < 4.78 is 5.09. The number of carbonyl (C=O) groups excluding carboxylic acids is 2. The van der Waals surface area contributed by atoms with Gasteiger partial charge < -0.3 is 10.1 Å². The van der Waals surface area contributed by atoms with Gasteiger partial charge in [0.05, 0.1) is 11.6 Å². The second-order valence-electron chi connectivity index (χ2n) is 5.45. The first-order valence-corrected chi connectivity index (χ1v) is 7.49. The quantitative estimate of drug-likeness (QED) is 0.858. The summed E-state index contributed by atoms with van der Waals surface area (Å²) in [6.45, 7) is 3.75. The standard InChI is InChI=1S/C19H18N2O3/c1-13-6-7-17(8-14(13)2)19(23)21-11-18(22)24-12-16-5-3-4-15(9-16)10-20/h3-9H,11-12H2,1-2H3,(H,21,23). The zero-order chi connectivity index (χ0) is 17.5. The Kier molecular flexibility index (Phi) is 5.69. The Hall–Kier alpha value is -3.13. The molecular weight excluding hydrogens is 304 g/mol.